The highest BCUT2D eigenvalue weighted by Crippen LogP contribution is 2.45. The van der Waals surface area contributed by atoms with E-state index in [0.717, 1.165) is 25.7 Å². The molecule has 2 amide bonds. The van der Waals surface area contributed by atoms with E-state index in [2.05, 4.69) is 31.4 Å². The first-order chi connectivity index (χ1) is 14.7. The first-order valence-corrected chi connectivity index (χ1v) is 10.8. The number of hydrogen-bond donors (Lipinski definition) is 2. The number of rotatable bonds is 5. The highest BCUT2D eigenvalue weighted by Gasteiger charge is 2.42. The molecule has 6 heteroatoms. The first-order valence-electron chi connectivity index (χ1n) is 10.8. The van der Waals surface area contributed by atoms with E-state index in [1.807, 2.05) is 36.4 Å². The first kappa shape index (κ1) is 22.7. The van der Waals surface area contributed by atoms with E-state index in [9.17, 15) is 9.59 Å². The van der Waals surface area contributed by atoms with Crippen LogP contribution in [0.4, 0.5) is 9.59 Å². The number of nitrogens with one attached hydrogen (secondary N) is 2. The lowest BCUT2D eigenvalue weighted by Crippen LogP contribution is -2.50. The summed E-state index contributed by atoms with van der Waals surface area (Å²) < 4.78 is 10.8. The van der Waals surface area contributed by atoms with E-state index in [0.29, 0.717) is 18.1 Å². The third kappa shape index (κ3) is 7.31. The van der Waals surface area contributed by atoms with E-state index >= 15 is 0 Å². The molecule has 3 rings (SSSR count). The number of para-hydroxylation sites is 1. The Kier molecular flexibility index (Phi) is 7.21. The van der Waals surface area contributed by atoms with Gasteiger partial charge in [-0.05, 0) is 60.8 Å². The Morgan fingerprint density at radius 2 is 1.81 bits per heavy atom. The SMILES string of the molecule is CC1(C)CC(NC(=O)Oc2ccccc2)CC(C)(CNC(=O)OC2=CC=CCC=C2)C1. The Bertz CT molecular complexity index is 873. The molecule has 0 saturated heterocycles. The van der Waals surface area contributed by atoms with E-state index in [1.54, 1.807) is 24.3 Å². The number of amides is 2. The third-order valence-corrected chi connectivity index (χ3v) is 5.54. The highest BCUT2D eigenvalue weighted by atomic mass is 16.6. The molecule has 0 heterocycles. The molecule has 2 unspecified atom stereocenters. The Balaban J connectivity index is 1.55. The van der Waals surface area contributed by atoms with Gasteiger partial charge in [0.15, 0.2) is 0 Å². The van der Waals surface area contributed by atoms with Gasteiger partial charge in [-0.1, -0.05) is 57.2 Å². The van der Waals surface area contributed by atoms with E-state index in [1.165, 1.54) is 0 Å². The molecular formula is C25H32N2O4. The summed E-state index contributed by atoms with van der Waals surface area (Å²) in [7, 11) is 0. The molecule has 31 heavy (non-hydrogen) atoms. The molecule has 2 N–H and O–H groups in total. The lowest BCUT2D eigenvalue weighted by molar-refractivity contribution is 0.0691. The highest BCUT2D eigenvalue weighted by molar-refractivity contribution is 5.71. The van der Waals surface area contributed by atoms with Crippen molar-refractivity contribution in [3.05, 3.63) is 66.5 Å². The molecule has 6 nitrogen and oxygen atoms in total. The minimum absolute atomic E-state index is 0.0145. The Morgan fingerprint density at radius 3 is 2.58 bits per heavy atom. The van der Waals surface area contributed by atoms with Crippen LogP contribution in [0.2, 0.25) is 0 Å². The summed E-state index contributed by atoms with van der Waals surface area (Å²) in [5.74, 6) is 1.03. The van der Waals surface area contributed by atoms with E-state index in [4.69, 9.17) is 9.47 Å². The Morgan fingerprint density at radius 1 is 1.03 bits per heavy atom. The summed E-state index contributed by atoms with van der Waals surface area (Å²) in [6.45, 7) is 6.98. The van der Waals surface area contributed by atoms with Gasteiger partial charge in [-0.15, -0.1) is 0 Å². The summed E-state index contributed by atoms with van der Waals surface area (Å²) in [5, 5.41) is 5.92. The summed E-state index contributed by atoms with van der Waals surface area (Å²) >= 11 is 0. The van der Waals surface area contributed by atoms with Crippen molar-refractivity contribution in [2.45, 2.75) is 52.5 Å². The zero-order valence-corrected chi connectivity index (χ0v) is 18.5. The second-order valence-corrected chi connectivity index (χ2v) is 9.48. The Labute approximate surface area is 184 Å². The average molecular weight is 425 g/mol. The van der Waals surface area contributed by atoms with Gasteiger partial charge < -0.3 is 20.1 Å². The van der Waals surface area contributed by atoms with Crippen LogP contribution in [-0.2, 0) is 4.74 Å². The summed E-state index contributed by atoms with van der Waals surface area (Å²) in [6, 6.07) is 8.98. The molecule has 2 aliphatic rings. The number of carbonyl (C=O) groups excluding carboxylic acids is 2. The molecule has 2 atom stereocenters. The quantitative estimate of drug-likeness (QED) is 0.656. The van der Waals surface area contributed by atoms with Crippen molar-refractivity contribution in [2.24, 2.45) is 10.8 Å². The van der Waals surface area contributed by atoms with Crippen molar-refractivity contribution in [3.8, 4) is 5.75 Å². The molecule has 0 aliphatic heterocycles. The van der Waals surface area contributed by atoms with Crippen LogP contribution in [0, 0.1) is 10.8 Å². The maximum absolute atomic E-state index is 12.4. The fourth-order valence-electron chi connectivity index (χ4n) is 4.72. The van der Waals surface area contributed by atoms with Gasteiger partial charge in [-0.25, -0.2) is 9.59 Å². The van der Waals surface area contributed by atoms with Crippen molar-refractivity contribution >= 4 is 12.2 Å². The zero-order valence-electron chi connectivity index (χ0n) is 18.5. The van der Waals surface area contributed by atoms with Crippen LogP contribution in [0.25, 0.3) is 0 Å². The number of allylic oxidation sites excluding steroid dienone is 5. The molecule has 0 radical (unpaired) electrons. The van der Waals surface area contributed by atoms with Crippen molar-refractivity contribution in [2.75, 3.05) is 6.54 Å². The van der Waals surface area contributed by atoms with Crippen LogP contribution >= 0.6 is 0 Å². The number of carbonyl (C=O) groups is 2. The second kappa shape index (κ2) is 9.86. The smallest absolute Gasteiger partial charge is 0.410 e. The fraction of sp³-hybridized carbons (Fsp3) is 0.440. The van der Waals surface area contributed by atoms with Crippen LogP contribution in [0.15, 0.2) is 66.5 Å². The lowest BCUT2D eigenvalue weighted by Gasteiger charge is -2.46. The lowest BCUT2D eigenvalue weighted by atomic mass is 9.62. The van der Waals surface area contributed by atoms with Gasteiger partial charge in [0.25, 0.3) is 0 Å². The van der Waals surface area contributed by atoms with Gasteiger partial charge in [0.05, 0.1) is 0 Å². The van der Waals surface area contributed by atoms with Crippen LogP contribution in [0.5, 0.6) is 5.75 Å². The molecule has 0 aromatic heterocycles. The van der Waals surface area contributed by atoms with Crippen LogP contribution in [0.3, 0.4) is 0 Å². The molecule has 1 fully saturated rings. The van der Waals surface area contributed by atoms with Crippen molar-refractivity contribution in [3.63, 3.8) is 0 Å². The minimum Gasteiger partial charge on any atom is -0.410 e. The molecule has 0 spiro atoms. The summed E-state index contributed by atoms with van der Waals surface area (Å²) in [6.07, 6.45) is 11.8. The van der Waals surface area contributed by atoms with Gasteiger partial charge in [0, 0.05) is 12.6 Å². The minimum atomic E-state index is -0.469. The molecular weight excluding hydrogens is 392 g/mol. The second-order valence-electron chi connectivity index (χ2n) is 9.48. The molecule has 1 saturated carbocycles. The number of alkyl carbamates (subject to hydrolysis) is 1. The van der Waals surface area contributed by atoms with E-state index in [-0.39, 0.29) is 16.9 Å². The van der Waals surface area contributed by atoms with Gasteiger partial charge in [-0.2, -0.15) is 0 Å². The maximum atomic E-state index is 12.4. The normalized spacial score (nSPS) is 24.5. The van der Waals surface area contributed by atoms with Crippen molar-refractivity contribution in [1.29, 1.82) is 0 Å². The van der Waals surface area contributed by atoms with Crippen LogP contribution in [-0.4, -0.2) is 24.8 Å². The zero-order chi connectivity index (χ0) is 22.3. The maximum Gasteiger partial charge on any atom is 0.412 e. The summed E-state index contributed by atoms with van der Waals surface area (Å²) in [5.41, 5.74) is -0.167. The fourth-order valence-corrected chi connectivity index (χ4v) is 4.72. The predicted octanol–water partition coefficient (Wildman–Crippen LogP) is 5.49. The number of hydrogen-bond acceptors (Lipinski definition) is 4. The Hall–Kier alpha value is -3.02. The van der Waals surface area contributed by atoms with Crippen molar-refractivity contribution < 1.29 is 19.1 Å². The van der Waals surface area contributed by atoms with Crippen molar-refractivity contribution in [1.82, 2.24) is 10.6 Å². The van der Waals surface area contributed by atoms with Gasteiger partial charge in [-0.3, -0.25) is 0 Å². The molecule has 1 aromatic carbocycles. The monoisotopic (exact) mass is 424 g/mol. The topological polar surface area (TPSA) is 76.7 Å². The van der Waals surface area contributed by atoms with Crippen LogP contribution in [0.1, 0.15) is 46.5 Å². The molecule has 1 aromatic rings. The number of benzene rings is 1. The van der Waals surface area contributed by atoms with E-state index < -0.39 is 12.2 Å². The molecule has 0 bridgehead atoms. The van der Waals surface area contributed by atoms with Crippen LogP contribution < -0.4 is 15.4 Å². The van der Waals surface area contributed by atoms with Gasteiger partial charge in [0.2, 0.25) is 0 Å². The van der Waals surface area contributed by atoms with Gasteiger partial charge >= 0.3 is 12.2 Å². The molecule has 2 aliphatic carbocycles. The molecule has 166 valence electrons. The average Bonchev–Trinajstić information content (AvgIpc) is 2.94. The standard InChI is InChI=1S/C25H32N2O4/c1-24(2)15-19(27-23(29)31-21-13-9-6-10-14-21)16-25(3,17-24)18-26-22(28)30-20-11-7-4-5-8-12-20/h4,6-14,19H,5,15-18H2,1-3H3,(H,26,28)(H,27,29). The largest absolute Gasteiger partial charge is 0.412 e. The third-order valence-electron chi connectivity index (χ3n) is 5.54. The van der Waals surface area contributed by atoms with Gasteiger partial charge in [0.1, 0.15) is 11.5 Å². The summed E-state index contributed by atoms with van der Waals surface area (Å²) in [4.78, 5) is 24.7. The predicted molar refractivity (Wildman–Crippen MR) is 121 cm³/mol. The number of ether oxygens (including phenoxy) is 2.